The van der Waals surface area contributed by atoms with E-state index in [1.54, 1.807) is 0 Å². The Balaban J connectivity index is 1.63. The second kappa shape index (κ2) is 8.54. The van der Waals surface area contributed by atoms with Crippen LogP contribution in [0.15, 0.2) is 77.7 Å². The predicted octanol–water partition coefficient (Wildman–Crippen LogP) is 5.69. The molecule has 0 atom stereocenters. The molecule has 1 aliphatic heterocycles. The van der Waals surface area contributed by atoms with Crippen molar-refractivity contribution >= 4 is 11.8 Å². The number of hydrogen-bond acceptors (Lipinski definition) is 3. The second-order valence-corrected chi connectivity index (χ2v) is 8.17. The van der Waals surface area contributed by atoms with Gasteiger partial charge >= 0.3 is 0 Å². The van der Waals surface area contributed by atoms with Crippen LogP contribution in [-0.2, 0) is 17.6 Å². The van der Waals surface area contributed by atoms with Crippen LogP contribution in [0, 0.1) is 17.9 Å². The summed E-state index contributed by atoms with van der Waals surface area (Å²) in [6.45, 7) is 10.5. The first-order valence-electron chi connectivity index (χ1n) is 10.5. The number of fused-ring (bicyclic) bond motifs is 1. The van der Waals surface area contributed by atoms with Gasteiger partial charge in [-0.05, 0) is 53.5 Å². The minimum absolute atomic E-state index is 0.150. The van der Waals surface area contributed by atoms with E-state index in [2.05, 4.69) is 66.2 Å². The summed E-state index contributed by atoms with van der Waals surface area (Å²) in [5.74, 6) is 0.695. The molecule has 1 heterocycles. The Morgan fingerprint density at radius 1 is 1.13 bits per heavy atom. The van der Waals surface area contributed by atoms with E-state index >= 15 is 0 Å². The summed E-state index contributed by atoms with van der Waals surface area (Å²) >= 11 is 0. The maximum atomic E-state index is 9.45. The molecule has 2 aromatic rings. The molecule has 31 heavy (non-hydrogen) atoms. The molecule has 0 N–H and O–H groups in total. The van der Waals surface area contributed by atoms with Crippen LogP contribution in [0.2, 0.25) is 0 Å². The van der Waals surface area contributed by atoms with Crippen molar-refractivity contribution in [3.05, 3.63) is 106 Å². The Labute approximate surface area is 184 Å². The summed E-state index contributed by atoms with van der Waals surface area (Å²) in [5.41, 5.74) is 5.29. The van der Waals surface area contributed by atoms with Gasteiger partial charge in [-0.25, -0.2) is 10.1 Å². The highest BCUT2D eigenvalue weighted by atomic mass is 16.5. The SMILES string of the molecule is [C-]#[N+]/C(C#N)=C1C=C(/C=C/c2ccc(N(C)CC)cc2)OC2(C\1)Cc1ccccc1C2. The van der Waals surface area contributed by atoms with Crippen LogP contribution in [0.5, 0.6) is 0 Å². The molecule has 154 valence electrons. The van der Waals surface area contributed by atoms with Gasteiger partial charge < -0.3 is 9.64 Å². The van der Waals surface area contributed by atoms with Crippen LogP contribution in [0.4, 0.5) is 5.69 Å². The monoisotopic (exact) mass is 407 g/mol. The first kappa shape index (κ1) is 20.5. The Hall–Kier alpha value is -3.76. The third-order valence-electron chi connectivity index (χ3n) is 6.08. The van der Waals surface area contributed by atoms with Crippen molar-refractivity contribution < 1.29 is 4.74 Å². The number of nitriles is 1. The van der Waals surface area contributed by atoms with Gasteiger partial charge in [0.25, 0.3) is 5.70 Å². The van der Waals surface area contributed by atoms with Crippen molar-refractivity contribution in [3.63, 3.8) is 0 Å². The van der Waals surface area contributed by atoms with Crippen LogP contribution in [-0.4, -0.2) is 19.2 Å². The number of ether oxygens (including phenoxy) is 1. The molecular formula is C27H25N3O. The molecule has 0 amide bonds. The van der Waals surface area contributed by atoms with Crippen molar-refractivity contribution in [1.29, 1.82) is 5.26 Å². The highest BCUT2D eigenvalue weighted by Gasteiger charge is 2.42. The summed E-state index contributed by atoms with van der Waals surface area (Å²) < 4.78 is 6.51. The zero-order valence-electron chi connectivity index (χ0n) is 17.9. The molecule has 0 unspecified atom stereocenters. The molecule has 0 saturated carbocycles. The summed E-state index contributed by atoms with van der Waals surface area (Å²) in [6, 6.07) is 18.8. The van der Waals surface area contributed by atoms with Gasteiger partial charge in [0.05, 0.1) is 12.6 Å². The number of nitrogens with zero attached hydrogens (tertiary/aromatic N) is 3. The maximum absolute atomic E-state index is 9.45. The Kier molecular flexibility index (Phi) is 5.65. The Bertz CT molecular complexity index is 1120. The Morgan fingerprint density at radius 2 is 1.81 bits per heavy atom. The molecule has 2 aromatic carbocycles. The van der Waals surface area contributed by atoms with Crippen molar-refractivity contribution in [3.8, 4) is 6.07 Å². The van der Waals surface area contributed by atoms with E-state index in [0.29, 0.717) is 12.2 Å². The van der Waals surface area contributed by atoms with Crippen LogP contribution >= 0.6 is 0 Å². The van der Waals surface area contributed by atoms with Crippen molar-refractivity contribution in [2.45, 2.75) is 31.8 Å². The molecule has 0 radical (unpaired) electrons. The molecule has 1 spiro atoms. The van der Waals surface area contributed by atoms with Crippen molar-refractivity contribution in [1.82, 2.24) is 0 Å². The van der Waals surface area contributed by atoms with Crippen LogP contribution in [0.3, 0.4) is 0 Å². The molecule has 4 nitrogen and oxygen atoms in total. The number of allylic oxidation sites excluding steroid dienone is 3. The molecule has 0 fully saturated rings. The predicted molar refractivity (Wildman–Crippen MR) is 124 cm³/mol. The number of hydrogen-bond donors (Lipinski definition) is 0. The summed E-state index contributed by atoms with van der Waals surface area (Å²) in [4.78, 5) is 5.65. The Morgan fingerprint density at radius 3 is 2.39 bits per heavy atom. The topological polar surface area (TPSA) is 40.6 Å². The molecule has 0 aromatic heterocycles. The fraction of sp³-hybridized carbons (Fsp3) is 0.259. The van der Waals surface area contributed by atoms with E-state index in [4.69, 9.17) is 11.3 Å². The zero-order valence-corrected chi connectivity index (χ0v) is 17.9. The average molecular weight is 408 g/mol. The molecular weight excluding hydrogens is 382 g/mol. The van der Waals surface area contributed by atoms with E-state index < -0.39 is 5.60 Å². The van der Waals surface area contributed by atoms with Gasteiger partial charge in [-0.2, -0.15) is 0 Å². The molecule has 2 aliphatic rings. The average Bonchev–Trinajstić information content (AvgIpc) is 3.14. The van der Waals surface area contributed by atoms with E-state index in [-0.39, 0.29) is 5.70 Å². The number of rotatable bonds is 4. The van der Waals surface area contributed by atoms with Gasteiger partial charge in [0.2, 0.25) is 0 Å². The van der Waals surface area contributed by atoms with Crippen LogP contribution in [0.1, 0.15) is 30.0 Å². The lowest BCUT2D eigenvalue weighted by Gasteiger charge is -2.35. The van der Waals surface area contributed by atoms with E-state index in [1.807, 2.05) is 30.4 Å². The first-order chi connectivity index (χ1) is 15.1. The molecule has 0 bridgehead atoms. The first-order valence-corrected chi connectivity index (χ1v) is 10.5. The lowest BCUT2D eigenvalue weighted by Crippen LogP contribution is -2.36. The number of anilines is 1. The van der Waals surface area contributed by atoms with Crippen LogP contribution < -0.4 is 4.90 Å². The highest BCUT2D eigenvalue weighted by molar-refractivity contribution is 5.58. The molecule has 1 aliphatic carbocycles. The van der Waals surface area contributed by atoms with Gasteiger partial charge in [-0.3, -0.25) is 0 Å². The summed E-state index contributed by atoms with van der Waals surface area (Å²) in [7, 11) is 2.07. The quantitative estimate of drug-likeness (QED) is 0.483. The lowest BCUT2D eigenvalue weighted by atomic mass is 9.87. The lowest BCUT2D eigenvalue weighted by molar-refractivity contribution is 0.0108. The van der Waals surface area contributed by atoms with Gasteiger partial charge in [-0.15, -0.1) is 0 Å². The standard InChI is InChI=1S/C27H25N3O/c1-4-30(3)24-12-9-20(10-13-24)11-14-25-15-23(26(19-28)29-2)18-27(31-25)16-21-7-5-6-8-22(21)17-27/h5-15H,4,16-18H2,1,3H3/b14-11+,26-23+. The maximum Gasteiger partial charge on any atom is 0.265 e. The van der Waals surface area contributed by atoms with E-state index in [0.717, 1.165) is 30.5 Å². The molecule has 4 rings (SSSR count). The smallest absolute Gasteiger partial charge is 0.265 e. The molecule has 4 heteroatoms. The zero-order chi connectivity index (χ0) is 21.8. The number of benzene rings is 2. The van der Waals surface area contributed by atoms with Crippen molar-refractivity contribution in [2.24, 2.45) is 0 Å². The fourth-order valence-electron chi connectivity index (χ4n) is 4.35. The summed E-state index contributed by atoms with van der Waals surface area (Å²) in [6.07, 6.45) is 7.95. The highest BCUT2D eigenvalue weighted by Crippen LogP contribution is 2.43. The minimum Gasteiger partial charge on any atom is -0.486 e. The van der Waals surface area contributed by atoms with Gasteiger partial charge in [0.15, 0.2) is 0 Å². The van der Waals surface area contributed by atoms with Gasteiger partial charge in [0, 0.05) is 38.5 Å². The minimum atomic E-state index is -0.437. The van der Waals surface area contributed by atoms with Gasteiger partial charge in [-0.1, -0.05) is 42.5 Å². The third kappa shape index (κ3) is 4.25. The van der Waals surface area contributed by atoms with E-state index in [1.165, 1.54) is 16.8 Å². The summed E-state index contributed by atoms with van der Waals surface area (Å²) in [5, 5.41) is 9.45. The van der Waals surface area contributed by atoms with Crippen molar-refractivity contribution in [2.75, 3.05) is 18.5 Å². The van der Waals surface area contributed by atoms with Crippen LogP contribution in [0.25, 0.3) is 10.9 Å². The molecule has 0 saturated heterocycles. The third-order valence-corrected chi connectivity index (χ3v) is 6.08. The van der Waals surface area contributed by atoms with E-state index in [9.17, 15) is 5.26 Å². The fourth-order valence-corrected chi connectivity index (χ4v) is 4.35. The largest absolute Gasteiger partial charge is 0.486 e. The second-order valence-electron chi connectivity index (χ2n) is 8.17. The van der Waals surface area contributed by atoms with Gasteiger partial charge in [0.1, 0.15) is 11.4 Å². The normalized spacial score (nSPS) is 18.0.